The van der Waals surface area contributed by atoms with Gasteiger partial charge < -0.3 is 10.1 Å². The van der Waals surface area contributed by atoms with Crippen molar-refractivity contribution in [3.05, 3.63) is 29.3 Å². The molecule has 0 radical (unpaired) electrons. The number of ether oxygens (including phenoxy) is 1. The fraction of sp³-hybridized carbons (Fsp3) is 0.625. The first-order valence-electron chi connectivity index (χ1n) is 7.13. The average Bonchev–Trinajstić information content (AvgIpc) is 2.31. The van der Waals surface area contributed by atoms with E-state index in [-0.39, 0.29) is 5.60 Å². The molecule has 0 bridgehead atoms. The lowest BCUT2D eigenvalue weighted by molar-refractivity contribution is -0.0147. The normalized spacial score (nSPS) is 17.3. The monoisotopic (exact) mass is 247 g/mol. The van der Waals surface area contributed by atoms with E-state index in [4.69, 9.17) is 4.74 Å². The van der Waals surface area contributed by atoms with Gasteiger partial charge in [0.25, 0.3) is 0 Å². The first-order chi connectivity index (χ1) is 8.67. The number of hydrogen-bond acceptors (Lipinski definition) is 2. The molecule has 0 unspecified atom stereocenters. The second-order valence-electron chi connectivity index (χ2n) is 5.44. The summed E-state index contributed by atoms with van der Waals surface area (Å²) in [5.74, 6) is 1.08. The SMILES string of the molecule is CCNCCC1(Oc2cccc(C)c2C)CCC1. The van der Waals surface area contributed by atoms with E-state index in [1.54, 1.807) is 0 Å². The van der Waals surface area contributed by atoms with Crippen molar-refractivity contribution in [2.45, 2.75) is 52.1 Å². The van der Waals surface area contributed by atoms with Crippen LogP contribution in [0.5, 0.6) is 5.75 Å². The van der Waals surface area contributed by atoms with Gasteiger partial charge in [0.05, 0.1) is 0 Å². The van der Waals surface area contributed by atoms with Crippen LogP contribution in [0, 0.1) is 13.8 Å². The summed E-state index contributed by atoms with van der Waals surface area (Å²) in [6, 6.07) is 6.35. The van der Waals surface area contributed by atoms with Crippen LogP contribution < -0.4 is 10.1 Å². The summed E-state index contributed by atoms with van der Waals surface area (Å²) in [4.78, 5) is 0. The Bertz CT molecular complexity index is 396. The fourth-order valence-electron chi connectivity index (χ4n) is 2.54. The maximum absolute atomic E-state index is 6.36. The van der Waals surface area contributed by atoms with E-state index in [1.165, 1.54) is 30.4 Å². The molecular weight excluding hydrogens is 222 g/mol. The van der Waals surface area contributed by atoms with E-state index in [1.807, 2.05) is 0 Å². The van der Waals surface area contributed by atoms with Crippen molar-refractivity contribution in [1.82, 2.24) is 5.32 Å². The van der Waals surface area contributed by atoms with Gasteiger partial charge in [0.1, 0.15) is 11.4 Å². The maximum atomic E-state index is 6.36. The van der Waals surface area contributed by atoms with Crippen LogP contribution >= 0.6 is 0 Å². The molecule has 0 heterocycles. The molecule has 0 aliphatic heterocycles. The first-order valence-corrected chi connectivity index (χ1v) is 7.13. The standard InChI is InChI=1S/C16H25NO/c1-4-17-12-11-16(9-6-10-16)18-15-8-5-7-13(2)14(15)3/h5,7-8,17H,4,6,9-12H2,1-3H3. The minimum Gasteiger partial charge on any atom is -0.487 e. The van der Waals surface area contributed by atoms with E-state index >= 15 is 0 Å². The molecule has 1 saturated carbocycles. The van der Waals surface area contributed by atoms with Crippen molar-refractivity contribution in [2.75, 3.05) is 13.1 Å². The van der Waals surface area contributed by atoms with Crippen molar-refractivity contribution in [2.24, 2.45) is 0 Å². The van der Waals surface area contributed by atoms with Crippen molar-refractivity contribution < 1.29 is 4.74 Å². The number of nitrogens with one attached hydrogen (secondary N) is 1. The third kappa shape index (κ3) is 2.86. The molecule has 18 heavy (non-hydrogen) atoms. The Morgan fingerprint density at radius 2 is 2.06 bits per heavy atom. The lowest BCUT2D eigenvalue weighted by atomic mass is 9.77. The lowest BCUT2D eigenvalue weighted by Crippen LogP contribution is -2.45. The number of rotatable bonds is 6. The Balaban J connectivity index is 2.03. The number of hydrogen-bond donors (Lipinski definition) is 1. The van der Waals surface area contributed by atoms with Crippen LogP contribution in [0.4, 0.5) is 0 Å². The molecule has 0 amide bonds. The maximum Gasteiger partial charge on any atom is 0.123 e. The van der Waals surface area contributed by atoms with Gasteiger partial charge in [-0.3, -0.25) is 0 Å². The van der Waals surface area contributed by atoms with E-state index in [2.05, 4.69) is 44.3 Å². The molecule has 1 fully saturated rings. The minimum atomic E-state index is 0.0979. The van der Waals surface area contributed by atoms with Crippen LogP contribution in [0.1, 0.15) is 43.7 Å². The highest BCUT2D eigenvalue weighted by atomic mass is 16.5. The summed E-state index contributed by atoms with van der Waals surface area (Å²) in [5, 5.41) is 3.40. The zero-order valence-corrected chi connectivity index (χ0v) is 11.9. The van der Waals surface area contributed by atoms with Crippen molar-refractivity contribution in [1.29, 1.82) is 0 Å². The van der Waals surface area contributed by atoms with Gasteiger partial charge in [0.2, 0.25) is 0 Å². The number of aryl methyl sites for hydroxylation is 1. The zero-order chi connectivity index (χ0) is 13.0. The Kier molecular flexibility index (Phi) is 4.28. The van der Waals surface area contributed by atoms with Crippen molar-refractivity contribution in [3.63, 3.8) is 0 Å². The summed E-state index contributed by atoms with van der Waals surface area (Å²) < 4.78 is 6.36. The van der Waals surface area contributed by atoms with Crippen LogP contribution in [-0.4, -0.2) is 18.7 Å². The van der Waals surface area contributed by atoms with Crippen molar-refractivity contribution >= 4 is 0 Å². The van der Waals surface area contributed by atoms with Crippen LogP contribution in [0.2, 0.25) is 0 Å². The Labute approximate surface area is 111 Å². The first kappa shape index (κ1) is 13.4. The second kappa shape index (κ2) is 5.75. The predicted molar refractivity (Wildman–Crippen MR) is 76.3 cm³/mol. The highest BCUT2D eigenvalue weighted by Gasteiger charge is 2.39. The summed E-state index contributed by atoms with van der Waals surface area (Å²) >= 11 is 0. The molecule has 0 saturated heterocycles. The van der Waals surface area contributed by atoms with Crippen LogP contribution in [0.3, 0.4) is 0 Å². The van der Waals surface area contributed by atoms with Gasteiger partial charge >= 0.3 is 0 Å². The van der Waals surface area contributed by atoms with Crippen LogP contribution in [0.25, 0.3) is 0 Å². The molecule has 1 N–H and O–H groups in total. The highest BCUT2D eigenvalue weighted by molar-refractivity contribution is 5.38. The highest BCUT2D eigenvalue weighted by Crippen LogP contribution is 2.40. The topological polar surface area (TPSA) is 21.3 Å². The molecular formula is C16H25NO. The van der Waals surface area contributed by atoms with Crippen LogP contribution in [0.15, 0.2) is 18.2 Å². The molecule has 1 aliphatic carbocycles. The number of benzene rings is 1. The second-order valence-corrected chi connectivity index (χ2v) is 5.44. The third-order valence-electron chi connectivity index (χ3n) is 4.15. The smallest absolute Gasteiger partial charge is 0.123 e. The predicted octanol–water partition coefficient (Wildman–Crippen LogP) is 3.60. The largest absolute Gasteiger partial charge is 0.487 e. The van der Waals surface area contributed by atoms with Gasteiger partial charge in [-0.15, -0.1) is 0 Å². The Morgan fingerprint density at radius 1 is 1.28 bits per heavy atom. The quantitative estimate of drug-likeness (QED) is 0.775. The average molecular weight is 247 g/mol. The van der Waals surface area contributed by atoms with E-state index < -0.39 is 0 Å². The van der Waals surface area contributed by atoms with Gasteiger partial charge in [-0.1, -0.05) is 19.1 Å². The lowest BCUT2D eigenvalue weighted by Gasteiger charge is -2.42. The molecule has 0 aromatic heterocycles. The Hall–Kier alpha value is -1.02. The minimum absolute atomic E-state index is 0.0979. The van der Waals surface area contributed by atoms with Crippen LogP contribution in [-0.2, 0) is 0 Å². The van der Waals surface area contributed by atoms with Crippen molar-refractivity contribution in [3.8, 4) is 5.75 Å². The molecule has 2 rings (SSSR count). The van der Waals surface area contributed by atoms with Gasteiger partial charge in [-0.25, -0.2) is 0 Å². The molecule has 100 valence electrons. The molecule has 1 aromatic carbocycles. The third-order valence-corrected chi connectivity index (χ3v) is 4.15. The zero-order valence-electron chi connectivity index (χ0n) is 11.9. The summed E-state index contributed by atoms with van der Waals surface area (Å²) in [7, 11) is 0. The summed E-state index contributed by atoms with van der Waals surface area (Å²) in [5.41, 5.74) is 2.70. The van der Waals surface area contributed by atoms with Gasteiger partial charge in [0, 0.05) is 0 Å². The summed E-state index contributed by atoms with van der Waals surface area (Å²) in [6.45, 7) is 8.55. The molecule has 1 aliphatic rings. The molecule has 1 aromatic rings. The van der Waals surface area contributed by atoms with E-state index in [0.717, 1.165) is 25.3 Å². The fourth-order valence-corrected chi connectivity index (χ4v) is 2.54. The van der Waals surface area contributed by atoms with Gasteiger partial charge in [0.15, 0.2) is 0 Å². The van der Waals surface area contributed by atoms with E-state index in [9.17, 15) is 0 Å². The molecule has 0 atom stereocenters. The summed E-state index contributed by atoms with van der Waals surface area (Å²) in [6.07, 6.45) is 4.82. The molecule has 0 spiro atoms. The Morgan fingerprint density at radius 3 is 2.67 bits per heavy atom. The van der Waals surface area contributed by atoms with E-state index in [0.29, 0.717) is 0 Å². The van der Waals surface area contributed by atoms with Gasteiger partial charge in [-0.05, 0) is 69.8 Å². The van der Waals surface area contributed by atoms with Gasteiger partial charge in [-0.2, -0.15) is 0 Å². The molecule has 2 heteroatoms. The molecule has 2 nitrogen and oxygen atoms in total.